The molecule has 164 valence electrons. The molecule has 0 saturated carbocycles. The smallest absolute Gasteiger partial charge is 0.224 e. The number of fused-ring (bicyclic) bond motifs is 1. The fraction of sp³-hybridized carbons (Fsp3) is 0.321. The van der Waals surface area contributed by atoms with Gasteiger partial charge >= 0.3 is 0 Å². The van der Waals surface area contributed by atoms with Gasteiger partial charge in [-0.3, -0.25) is 4.79 Å². The maximum Gasteiger partial charge on any atom is 0.224 e. The number of amides is 1. The van der Waals surface area contributed by atoms with Gasteiger partial charge in [0.1, 0.15) is 0 Å². The van der Waals surface area contributed by atoms with Gasteiger partial charge < -0.3 is 5.32 Å². The van der Waals surface area contributed by atoms with Gasteiger partial charge in [0.25, 0.3) is 0 Å². The second-order valence-electron chi connectivity index (χ2n) is 9.03. The second kappa shape index (κ2) is 9.13. The molecule has 3 aromatic carbocycles. The molecule has 1 N–H and O–H groups in total. The van der Waals surface area contributed by atoms with Gasteiger partial charge in [-0.2, -0.15) is 0 Å². The van der Waals surface area contributed by atoms with Crippen molar-refractivity contribution in [1.82, 2.24) is 4.31 Å². The van der Waals surface area contributed by atoms with Gasteiger partial charge in [-0.05, 0) is 103 Å². The lowest BCUT2D eigenvalue weighted by Gasteiger charge is -2.31. The Morgan fingerprint density at radius 2 is 1.72 bits per heavy atom. The summed E-state index contributed by atoms with van der Waals surface area (Å²) in [5, 5.41) is 2.97. The lowest BCUT2D eigenvalue weighted by atomic mass is 9.88. The van der Waals surface area contributed by atoms with E-state index < -0.39 is 0 Å². The van der Waals surface area contributed by atoms with E-state index in [1.807, 2.05) is 11.9 Å². The van der Waals surface area contributed by atoms with Crippen LogP contribution in [0.5, 0.6) is 0 Å². The molecule has 1 amide bonds. The van der Waals surface area contributed by atoms with Gasteiger partial charge in [0, 0.05) is 30.1 Å². The number of anilines is 1. The van der Waals surface area contributed by atoms with E-state index in [2.05, 4.69) is 84.1 Å². The molecule has 2 aliphatic rings. The quantitative estimate of drug-likeness (QED) is 0.454. The van der Waals surface area contributed by atoms with Gasteiger partial charge in [0.15, 0.2) is 0 Å². The van der Waals surface area contributed by atoms with E-state index in [0.717, 1.165) is 25.2 Å². The fourth-order valence-corrected chi connectivity index (χ4v) is 5.86. The molecule has 0 aliphatic carbocycles. The first-order chi connectivity index (χ1) is 15.6. The molecule has 0 aromatic heterocycles. The van der Waals surface area contributed by atoms with E-state index in [0.29, 0.717) is 12.3 Å². The predicted octanol–water partition coefficient (Wildman–Crippen LogP) is 6.74. The van der Waals surface area contributed by atoms with Gasteiger partial charge in [0.05, 0.1) is 0 Å². The minimum absolute atomic E-state index is 0.127. The number of rotatable bonds is 4. The van der Waals surface area contributed by atoms with Crippen LogP contribution < -0.4 is 5.32 Å². The highest BCUT2D eigenvalue weighted by atomic mass is 32.2. The molecule has 5 rings (SSSR count). The highest BCUT2D eigenvalue weighted by Crippen LogP contribution is 2.36. The van der Waals surface area contributed by atoms with Crippen molar-refractivity contribution in [2.24, 2.45) is 0 Å². The number of piperidine rings is 1. The molecule has 0 bridgehead atoms. The van der Waals surface area contributed by atoms with Crippen molar-refractivity contribution in [1.29, 1.82) is 0 Å². The normalized spacial score (nSPS) is 17.1. The average Bonchev–Trinajstić information content (AvgIpc) is 2.82. The zero-order valence-electron chi connectivity index (χ0n) is 18.9. The predicted molar refractivity (Wildman–Crippen MR) is 134 cm³/mol. The Morgan fingerprint density at radius 3 is 2.50 bits per heavy atom. The first-order valence-corrected chi connectivity index (χ1v) is 12.4. The zero-order chi connectivity index (χ0) is 22.1. The molecular formula is C28H30N2OS. The van der Waals surface area contributed by atoms with Gasteiger partial charge in [-0.1, -0.05) is 42.5 Å². The third-order valence-corrected chi connectivity index (χ3v) is 8.05. The van der Waals surface area contributed by atoms with E-state index in [9.17, 15) is 4.79 Å². The number of aryl methyl sites for hydroxylation is 2. The minimum Gasteiger partial charge on any atom is -0.326 e. The van der Waals surface area contributed by atoms with Crippen LogP contribution in [0, 0.1) is 13.8 Å². The van der Waals surface area contributed by atoms with E-state index in [1.54, 1.807) is 0 Å². The third-order valence-electron chi connectivity index (χ3n) is 6.96. The van der Waals surface area contributed by atoms with Crippen LogP contribution in [0.1, 0.15) is 47.4 Å². The highest BCUT2D eigenvalue weighted by Gasteiger charge is 2.22. The Balaban J connectivity index is 1.20. The number of carbonyl (C=O) groups excluding carboxylic acids is 1. The second-order valence-corrected chi connectivity index (χ2v) is 10.2. The van der Waals surface area contributed by atoms with Crippen LogP contribution in [0.4, 0.5) is 5.69 Å². The first-order valence-electron chi connectivity index (χ1n) is 11.6. The molecule has 3 aromatic rings. The van der Waals surface area contributed by atoms with E-state index in [-0.39, 0.29) is 5.91 Å². The minimum atomic E-state index is 0.127. The molecule has 0 spiro atoms. The van der Waals surface area contributed by atoms with Crippen molar-refractivity contribution in [2.45, 2.75) is 50.3 Å². The topological polar surface area (TPSA) is 32.3 Å². The monoisotopic (exact) mass is 442 g/mol. The Morgan fingerprint density at radius 1 is 0.938 bits per heavy atom. The fourth-order valence-electron chi connectivity index (χ4n) is 4.84. The summed E-state index contributed by atoms with van der Waals surface area (Å²) in [6.07, 6.45) is 3.82. The summed E-state index contributed by atoms with van der Waals surface area (Å²) < 4.78 is 2.49. The van der Waals surface area contributed by atoms with Crippen LogP contribution in [0.2, 0.25) is 0 Å². The summed E-state index contributed by atoms with van der Waals surface area (Å²) in [7, 11) is 0. The SMILES string of the molecule is Cc1cccc(-c2ccc(C3CCN(Sc4ccc5c(c4)CCC(=O)N5)CC3)cc2)c1C. The number of hydrogen-bond donors (Lipinski definition) is 1. The Labute approximate surface area is 195 Å². The Bertz CT molecular complexity index is 1130. The van der Waals surface area contributed by atoms with E-state index in [1.165, 1.54) is 51.1 Å². The van der Waals surface area contributed by atoms with Crippen molar-refractivity contribution in [3.63, 3.8) is 0 Å². The molecule has 3 nitrogen and oxygen atoms in total. The summed E-state index contributed by atoms with van der Waals surface area (Å²) in [4.78, 5) is 12.8. The maximum atomic E-state index is 11.6. The summed E-state index contributed by atoms with van der Waals surface area (Å²) in [5.41, 5.74) is 9.07. The largest absolute Gasteiger partial charge is 0.326 e. The molecule has 0 atom stereocenters. The standard InChI is InChI=1S/C28H30N2OS/c1-19-4-3-5-26(20(19)2)23-8-6-21(7-9-23)22-14-16-30(17-15-22)32-25-11-12-27-24(18-25)10-13-28(31)29-27/h3-9,11-12,18,22H,10,13-17H2,1-2H3,(H,29,31). The molecule has 1 fully saturated rings. The average molecular weight is 443 g/mol. The van der Waals surface area contributed by atoms with Gasteiger partial charge in [-0.15, -0.1) is 0 Å². The Kier molecular flexibility index (Phi) is 6.07. The van der Waals surface area contributed by atoms with Gasteiger partial charge in [-0.25, -0.2) is 4.31 Å². The molecular weight excluding hydrogens is 412 g/mol. The summed E-state index contributed by atoms with van der Waals surface area (Å²) in [5.74, 6) is 0.764. The molecule has 2 heterocycles. The molecule has 0 unspecified atom stereocenters. The van der Waals surface area contributed by atoms with Crippen molar-refractivity contribution >= 4 is 23.5 Å². The number of benzene rings is 3. The number of nitrogens with zero attached hydrogens (tertiary/aromatic N) is 1. The van der Waals surface area contributed by atoms with Crippen molar-refractivity contribution in [3.05, 3.63) is 82.9 Å². The Hall–Kier alpha value is -2.56. The van der Waals surface area contributed by atoms with Crippen LogP contribution in [0.25, 0.3) is 11.1 Å². The number of nitrogens with one attached hydrogen (secondary N) is 1. The molecule has 0 radical (unpaired) electrons. The van der Waals surface area contributed by atoms with Crippen LogP contribution in [0.3, 0.4) is 0 Å². The molecule has 1 saturated heterocycles. The molecule has 4 heteroatoms. The summed E-state index contributed by atoms with van der Waals surface area (Å²) in [6, 6.07) is 22.3. The van der Waals surface area contributed by atoms with Crippen molar-refractivity contribution in [3.8, 4) is 11.1 Å². The van der Waals surface area contributed by atoms with Gasteiger partial charge in [0.2, 0.25) is 5.91 Å². The highest BCUT2D eigenvalue weighted by molar-refractivity contribution is 7.97. The van der Waals surface area contributed by atoms with E-state index >= 15 is 0 Å². The molecule has 2 aliphatic heterocycles. The summed E-state index contributed by atoms with van der Waals surface area (Å²) >= 11 is 1.86. The van der Waals surface area contributed by atoms with Crippen molar-refractivity contribution < 1.29 is 4.79 Å². The summed E-state index contributed by atoms with van der Waals surface area (Å²) in [6.45, 7) is 6.59. The van der Waals surface area contributed by atoms with Crippen LogP contribution in [-0.2, 0) is 11.2 Å². The van der Waals surface area contributed by atoms with E-state index in [4.69, 9.17) is 0 Å². The maximum absolute atomic E-state index is 11.6. The molecule has 32 heavy (non-hydrogen) atoms. The van der Waals surface area contributed by atoms with Crippen LogP contribution in [-0.4, -0.2) is 23.3 Å². The van der Waals surface area contributed by atoms with Crippen LogP contribution >= 0.6 is 11.9 Å². The van der Waals surface area contributed by atoms with Crippen molar-refractivity contribution in [2.75, 3.05) is 18.4 Å². The zero-order valence-corrected chi connectivity index (χ0v) is 19.7. The van der Waals surface area contributed by atoms with Crippen LogP contribution in [0.15, 0.2) is 65.6 Å². The lowest BCUT2D eigenvalue weighted by Crippen LogP contribution is -2.27. The first kappa shape index (κ1) is 21.3. The third kappa shape index (κ3) is 4.48. The number of hydrogen-bond acceptors (Lipinski definition) is 3. The number of carbonyl (C=O) groups is 1. The lowest BCUT2D eigenvalue weighted by molar-refractivity contribution is -0.116.